The van der Waals surface area contributed by atoms with Gasteiger partial charge in [0.05, 0.1) is 23.1 Å². The van der Waals surface area contributed by atoms with Gasteiger partial charge in [-0.3, -0.25) is 19.7 Å². The van der Waals surface area contributed by atoms with E-state index in [1.807, 2.05) is 0 Å². The molecule has 0 atom stereocenters. The van der Waals surface area contributed by atoms with Gasteiger partial charge in [0, 0.05) is 13.1 Å². The molecule has 108 valence electrons. The molecule has 2 rings (SSSR count). The van der Waals surface area contributed by atoms with E-state index in [4.69, 9.17) is 5.11 Å². The summed E-state index contributed by atoms with van der Waals surface area (Å²) in [6.45, 7) is 0. The molecule has 8 heteroatoms. The van der Waals surface area contributed by atoms with Crippen LogP contribution in [-0.4, -0.2) is 32.0 Å². The van der Waals surface area contributed by atoms with Gasteiger partial charge in [-0.25, -0.2) is 0 Å². The Morgan fingerprint density at radius 2 is 2.20 bits per heavy atom. The fourth-order valence-electron chi connectivity index (χ4n) is 2.42. The van der Waals surface area contributed by atoms with Crippen LogP contribution >= 0.6 is 0 Å². The predicted molar refractivity (Wildman–Crippen MR) is 68.4 cm³/mol. The van der Waals surface area contributed by atoms with Crippen molar-refractivity contribution in [1.82, 2.24) is 9.88 Å². The number of amides is 1. The summed E-state index contributed by atoms with van der Waals surface area (Å²) in [6, 6.07) is 1.18. The van der Waals surface area contributed by atoms with Crippen LogP contribution in [0.25, 0.3) is 0 Å². The van der Waals surface area contributed by atoms with Gasteiger partial charge in [-0.15, -0.1) is 0 Å². The zero-order chi connectivity index (χ0) is 14.9. The molecule has 0 radical (unpaired) electrons. The molecule has 1 aliphatic carbocycles. The Morgan fingerprint density at radius 3 is 2.60 bits per heavy atom. The van der Waals surface area contributed by atoms with Gasteiger partial charge in [0.1, 0.15) is 5.69 Å². The second-order valence-corrected chi connectivity index (χ2v) is 5.11. The van der Waals surface area contributed by atoms with Crippen LogP contribution in [0.2, 0.25) is 0 Å². The van der Waals surface area contributed by atoms with Gasteiger partial charge < -0.3 is 15.0 Å². The molecule has 0 aliphatic heterocycles. The lowest BCUT2D eigenvalue weighted by atomic mass is 9.74. The summed E-state index contributed by atoms with van der Waals surface area (Å²) in [5.41, 5.74) is -0.742. The summed E-state index contributed by atoms with van der Waals surface area (Å²) in [7, 11) is 1.53. The number of nitrogens with one attached hydrogen (secondary N) is 1. The molecular weight excluding hydrogens is 266 g/mol. The number of nitro groups is 1. The number of hydrogen-bond donors (Lipinski definition) is 2. The lowest BCUT2D eigenvalue weighted by molar-refractivity contribution is -0.384. The quantitative estimate of drug-likeness (QED) is 0.618. The maximum absolute atomic E-state index is 12.1. The van der Waals surface area contributed by atoms with Crippen molar-refractivity contribution < 1.29 is 19.6 Å². The van der Waals surface area contributed by atoms with E-state index in [1.165, 1.54) is 23.9 Å². The number of carbonyl (C=O) groups excluding carboxylic acids is 1. The van der Waals surface area contributed by atoms with Crippen LogP contribution in [-0.2, 0) is 11.8 Å². The van der Waals surface area contributed by atoms with E-state index in [-0.39, 0.29) is 17.8 Å². The van der Waals surface area contributed by atoms with Gasteiger partial charge in [-0.1, -0.05) is 0 Å². The van der Waals surface area contributed by atoms with Gasteiger partial charge >= 0.3 is 5.97 Å². The predicted octanol–water partition coefficient (Wildman–Crippen LogP) is 1.06. The number of carbonyl (C=O) groups is 2. The first-order valence-electron chi connectivity index (χ1n) is 6.18. The Balaban J connectivity index is 2.15. The third-order valence-electron chi connectivity index (χ3n) is 3.61. The van der Waals surface area contributed by atoms with Gasteiger partial charge in [-0.05, 0) is 19.3 Å². The van der Waals surface area contributed by atoms with Crippen LogP contribution in [0.5, 0.6) is 0 Å². The monoisotopic (exact) mass is 281 g/mol. The van der Waals surface area contributed by atoms with Crippen molar-refractivity contribution in [3.63, 3.8) is 0 Å². The number of rotatable bonds is 5. The molecule has 20 heavy (non-hydrogen) atoms. The molecular formula is C12H15N3O5. The highest BCUT2D eigenvalue weighted by molar-refractivity contribution is 5.94. The van der Waals surface area contributed by atoms with E-state index < -0.39 is 22.3 Å². The zero-order valence-corrected chi connectivity index (χ0v) is 11.0. The van der Waals surface area contributed by atoms with Crippen molar-refractivity contribution >= 4 is 17.6 Å². The van der Waals surface area contributed by atoms with Crippen molar-refractivity contribution in [3.8, 4) is 0 Å². The van der Waals surface area contributed by atoms with E-state index in [9.17, 15) is 19.7 Å². The molecule has 0 unspecified atom stereocenters. The van der Waals surface area contributed by atoms with Crippen LogP contribution in [0.1, 0.15) is 36.2 Å². The van der Waals surface area contributed by atoms with E-state index in [0.717, 1.165) is 6.42 Å². The van der Waals surface area contributed by atoms with Gasteiger partial charge in [0.25, 0.3) is 11.6 Å². The molecule has 2 N–H and O–H groups in total. The van der Waals surface area contributed by atoms with Crippen molar-refractivity contribution in [2.45, 2.75) is 31.2 Å². The van der Waals surface area contributed by atoms with Crippen molar-refractivity contribution in [2.24, 2.45) is 7.05 Å². The lowest BCUT2D eigenvalue weighted by Gasteiger charge is -2.41. The highest BCUT2D eigenvalue weighted by Gasteiger charge is 2.41. The number of aromatic nitrogens is 1. The van der Waals surface area contributed by atoms with E-state index in [0.29, 0.717) is 12.8 Å². The van der Waals surface area contributed by atoms with E-state index in [2.05, 4.69) is 5.32 Å². The molecule has 0 bridgehead atoms. The molecule has 1 saturated carbocycles. The fourth-order valence-corrected chi connectivity index (χ4v) is 2.42. The summed E-state index contributed by atoms with van der Waals surface area (Å²) < 4.78 is 1.36. The van der Waals surface area contributed by atoms with Gasteiger partial charge in [-0.2, -0.15) is 0 Å². The molecule has 1 aromatic rings. The maximum Gasteiger partial charge on any atom is 0.305 e. The molecule has 1 amide bonds. The highest BCUT2D eigenvalue weighted by Crippen LogP contribution is 2.35. The molecule has 0 saturated heterocycles. The first-order valence-corrected chi connectivity index (χ1v) is 6.18. The highest BCUT2D eigenvalue weighted by atomic mass is 16.6. The Labute approximate surface area is 114 Å². The van der Waals surface area contributed by atoms with Crippen LogP contribution in [0.15, 0.2) is 12.3 Å². The molecule has 8 nitrogen and oxygen atoms in total. The largest absolute Gasteiger partial charge is 0.481 e. The Morgan fingerprint density at radius 1 is 1.55 bits per heavy atom. The van der Waals surface area contributed by atoms with E-state index in [1.54, 1.807) is 0 Å². The minimum absolute atomic E-state index is 0.134. The smallest absolute Gasteiger partial charge is 0.305 e. The molecule has 0 spiro atoms. The van der Waals surface area contributed by atoms with Gasteiger partial charge in [0.15, 0.2) is 0 Å². The molecule has 1 aliphatic rings. The number of carboxylic acid groups (broad SMARTS) is 1. The average Bonchev–Trinajstić information content (AvgIpc) is 2.68. The van der Waals surface area contributed by atoms with Crippen LogP contribution < -0.4 is 5.32 Å². The Bertz CT molecular complexity index is 574. The van der Waals surface area contributed by atoms with Crippen LogP contribution in [0.4, 0.5) is 5.69 Å². The summed E-state index contributed by atoms with van der Waals surface area (Å²) in [6.07, 6.45) is 3.20. The molecule has 1 aromatic heterocycles. The van der Waals surface area contributed by atoms with Gasteiger partial charge in [0.2, 0.25) is 0 Å². The number of aliphatic carboxylic acids is 1. The summed E-state index contributed by atoms with van der Waals surface area (Å²) >= 11 is 0. The van der Waals surface area contributed by atoms with Crippen LogP contribution in [0.3, 0.4) is 0 Å². The summed E-state index contributed by atoms with van der Waals surface area (Å²) in [4.78, 5) is 33.1. The van der Waals surface area contributed by atoms with E-state index >= 15 is 0 Å². The number of hydrogen-bond acceptors (Lipinski definition) is 4. The SMILES string of the molecule is Cn1cc([N+](=O)[O-])cc1C(=O)NC1(CC(=O)O)CCC1. The lowest BCUT2D eigenvalue weighted by Crippen LogP contribution is -2.54. The standard InChI is InChI=1S/C12H15N3O5/c1-14-7-8(15(19)20)5-9(14)11(18)13-12(3-2-4-12)6-10(16)17/h5,7H,2-4,6H2,1H3,(H,13,18)(H,16,17). The number of carboxylic acids is 1. The Kier molecular flexibility index (Phi) is 3.47. The first kappa shape index (κ1) is 14.0. The van der Waals surface area contributed by atoms with Crippen molar-refractivity contribution in [1.29, 1.82) is 0 Å². The maximum atomic E-state index is 12.1. The van der Waals surface area contributed by atoms with Crippen molar-refractivity contribution in [2.75, 3.05) is 0 Å². The number of nitrogens with zero attached hydrogens (tertiary/aromatic N) is 2. The third-order valence-corrected chi connectivity index (χ3v) is 3.61. The molecule has 0 aromatic carbocycles. The number of aryl methyl sites for hydroxylation is 1. The topological polar surface area (TPSA) is 114 Å². The second-order valence-electron chi connectivity index (χ2n) is 5.11. The average molecular weight is 281 g/mol. The minimum Gasteiger partial charge on any atom is -0.481 e. The first-order chi connectivity index (χ1) is 9.33. The molecule has 1 heterocycles. The molecule has 1 fully saturated rings. The fraction of sp³-hybridized carbons (Fsp3) is 0.500. The summed E-state index contributed by atoms with van der Waals surface area (Å²) in [5.74, 6) is -1.45. The Hall–Kier alpha value is -2.38. The minimum atomic E-state index is -0.970. The normalized spacial score (nSPS) is 16.2. The third kappa shape index (κ3) is 2.63. The summed E-state index contributed by atoms with van der Waals surface area (Å²) in [5, 5.41) is 22.3. The second kappa shape index (κ2) is 4.95. The zero-order valence-electron chi connectivity index (χ0n) is 11.0. The van der Waals surface area contributed by atoms with Crippen molar-refractivity contribution in [3.05, 3.63) is 28.1 Å². The van der Waals surface area contributed by atoms with Crippen LogP contribution in [0, 0.1) is 10.1 Å².